The van der Waals surface area contributed by atoms with Crippen molar-refractivity contribution < 1.29 is 0 Å². The zero-order valence-corrected chi connectivity index (χ0v) is 12.6. The molecule has 3 rings (SSSR count). The molecule has 1 N–H and O–H groups in total. The lowest BCUT2D eigenvalue weighted by atomic mass is 9.99. The molecule has 1 aromatic heterocycles. The van der Waals surface area contributed by atoms with Crippen LogP contribution in [0.2, 0.25) is 0 Å². The topological polar surface area (TPSA) is 53.9 Å². The molecule has 0 bridgehead atoms. The Hall–Kier alpha value is -2.17. The van der Waals surface area contributed by atoms with Crippen LogP contribution in [-0.2, 0) is 0 Å². The molecular weight excluding hydrogens is 262 g/mol. The number of nitrogens with one attached hydrogen (secondary N) is 1. The smallest absolute Gasteiger partial charge is 0.249 e. The Labute approximate surface area is 125 Å². The average molecular weight is 283 g/mol. The van der Waals surface area contributed by atoms with Crippen LogP contribution in [0.25, 0.3) is 0 Å². The molecule has 1 saturated heterocycles. The van der Waals surface area contributed by atoms with Gasteiger partial charge in [0.15, 0.2) is 5.82 Å². The number of piperidine rings is 1. The van der Waals surface area contributed by atoms with Gasteiger partial charge in [-0.05, 0) is 43.4 Å². The van der Waals surface area contributed by atoms with Gasteiger partial charge in [-0.2, -0.15) is 10.1 Å². The van der Waals surface area contributed by atoms with Gasteiger partial charge in [0.05, 0.1) is 6.20 Å². The minimum atomic E-state index is 0.553. The van der Waals surface area contributed by atoms with Crippen molar-refractivity contribution in [3.05, 3.63) is 36.0 Å². The maximum atomic E-state index is 4.59. The summed E-state index contributed by atoms with van der Waals surface area (Å²) in [6.07, 6.45) is 4.17. The molecule has 0 spiro atoms. The SMILES string of the molecule is Cc1cccc(Nc2nncc(N3CCC(C)CC3)n2)c1. The molecule has 110 valence electrons. The summed E-state index contributed by atoms with van der Waals surface area (Å²) in [4.78, 5) is 6.88. The number of nitrogens with zero attached hydrogens (tertiary/aromatic N) is 4. The number of aromatic nitrogens is 3. The van der Waals surface area contributed by atoms with Crippen molar-refractivity contribution in [1.29, 1.82) is 0 Å². The summed E-state index contributed by atoms with van der Waals surface area (Å²) in [5.74, 6) is 2.27. The second-order valence-electron chi connectivity index (χ2n) is 5.80. The van der Waals surface area contributed by atoms with Gasteiger partial charge in [-0.15, -0.1) is 5.10 Å². The highest BCUT2D eigenvalue weighted by Gasteiger charge is 2.17. The molecular formula is C16H21N5. The van der Waals surface area contributed by atoms with Gasteiger partial charge in [0, 0.05) is 18.8 Å². The monoisotopic (exact) mass is 283 g/mol. The predicted molar refractivity (Wildman–Crippen MR) is 84.9 cm³/mol. The van der Waals surface area contributed by atoms with Crippen LogP contribution in [0, 0.1) is 12.8 Å². The highest BCUT2D eigenvalue weighted by Crippen LogP contribution is 2.22. The summed E-state index contributed by atoms with van der Waals surface area (Å²) in [6.45, 7) is 6.46. The van der Waals surface area contributed by atoms with Crippen LogP contribution < -0.4 is 10.2 Å². The zero-order valence-electron chi connectivity index (χ0n) is 12.6. The van der Waals surface area contributed by atoms with E-state index < -0.39 is 0 Å². The maximum Gasteiger partial charge on any atom is 0.249 e. The lowest BCUT2D eigenvalue weighted by Gasteiger charge is -2.30. The Kier molecular flexibility index (Phi) is 3.99. The Morgan fingerprint density at radius 2 is 2.05 bits per heavy atom. The van der Waals surface area contributed by atoms with E-state index in [4.69, 9.17) is 0 Å². The number of benzene rings is 1. The fraction of sp³-hybridized carbons (Fsp3) is 0.438. The lowest BCUT2D eigenvalue weighted by molar-refractivity contribution is 0.436. The Morgan fingerprint density at radius 3 is 2.81 bits per heavy atom. The largest absolute Gasteiger partial charge is 0.355 e. The van der Waals surface area contributed by atoms with Crippen LogP contribution >= 0.6 is 0 Å². The number of aryl methyl sites for hydroxylation is 1. The third-order valence-corrected chi connectivity index (χ3v) is 3.93. The zero-order chi connectivity index (χ0) is 14.7. The molecule has 5 nitrogen and oxygen atoms in total. The van der Waals surface area contributed by atoms with Gasteiger partial charge < -0.3 is 10.2 Å². The molecule has 0 amide bonds. The predicted octanol–water partition coefficient (Wildman–Crippen LogP) is 3.16. The van der Waals surface area contributed by atoms with Gasteiger partial charge in [-0.1, -0.05) is 19.1 Å². The minimum absolute atomic E-state index is 0.553. The first-order valence-electron chi connectivity index (χ1n) is 7.49. The van der Waals surface area contributed by atoms with E-state index in [1.165, 1.54) is 18.4 Å². The molecule has 1 aliphatic rings. The van der Waals surface area contributed by atoms with Gasteiger partial charge in [0.1, 0.15) is 0 Å². The number of rotatable bonds is 3. The van der Waals surface area contributed by atoms with Crippen molar-refractivity contribution in [3.8, 4) is 0 Å². The number of hydrogen-bond donors (Lipinski definition) is 1. The van der Waals surface area contributed by atoms with Gasteiger partial charge >= 0.3 is 0 Å². The van der Waals surface area contributed by atoms with Gasteiger partial charge in [-0.3, -0.25) is 0 Å². The molecule has 0 unspecified atom stereocenters. The molecule has 1 aromatic carbocycles. The Bertz CT molecular complexity index is 605. The molecule has 0 atom stereocenters. The molecule has 21 heavy (non-hydrogen) atoms. The maximum absolute atomic E-state index is 4.59. The fourth-order valence-electron chi connectivity index (χ4n) is 2.59. The van der Waals surface area contributed by atoms with E-state index in [1.807, 2.05) is 12.1 Å². The molecule has 0 aliphatic carbocycles. The average Bonchev–Trinajstić information content (AvgIpc) is 2.48. The van der Waals surface area contributed by atoms with Gasteiger partial charge in [0.25, 0.3) is 0 Å². The summed E-state index contributed by atoms with van der Waals surface area (Å²) in [5, 5.41) is 11.4. The first kappa shape index (κ1) is 13.8. The highest BCUT2D eigenvalue weighted by atomic mass is 15.3. The third kappa shape index (κ3) is 3.48. The van der Waals surface area contributed by atoms with Crippen molar-refractivity contribution in [2.45, 2.75) is 26.7 Å². The first-order valence-corrected chi connectivity index (χ1v) is 7.49. The van der Waals surface area contributed by atoms with Crippen molar-refractivity contribution in [2.24, 2.45) is 5.92 Å². The molecule has 0 radical (unpaired) electrons. The second-order valence-corrected chi connectivity index (χ2v) is 5.80. The molecule has 2 aromatic rings. The molecule has 2 heterocycles. The van der Waals surface area contributed by atoms with E-state index in [1.54, 1.807) is 6.20 Å². The van der Waals surface area contributed by atoms with E-state index in [2.05, 4.69) is 51.4 Å². The van der Waals surface area contributed by atoms with Crippen LogP contribution in [0.1, 0.15) is 25.3 Å². The minimum Gasteiger partial charge on any atom is -0.355 e. The third-order valence-electron chi connectivity index (χ3n) is 3.93. The van der Waals surface area contributed by atoms with Crippen molar-refractivity contribution in [1.82, 2.24) is 15.2 Å². The summed E-state index contributed by atoms with van der Waals surface area (Å²) in [7, 11) is 0. The van der Waals surface area contributed by atoms with Crippen LogP contribution in [0.4, 0.5) is 17.5 Å². The summed E-state index contributed by atoms with van der Waals surface area (Å²) >= 11 is 0. The normalized spacial score (nSPS) is 16.0. The Balaban J connectivity index is 1.74. The van der Waals surface area contributed by atoms with Gasteiger partial charge in [0.2, 0.25) is 5.95 Å². The molecule has 1 fully saturated rings. The first-order chi connectivity index (χ1) is 10.2. The van der Waals surface area contributed by atoms with Crippen molar-refractivity contribution in [3.63, 3.8) is 0 Å². The molecule has 5 heteroatoms. The van der Waals surface area contributed by atoms with Crippen LogP contribution in [-0.4, -0.2) is 28.3 Å². The van der Waals surface area contributed by atoms with Crippen molar-refractivity contribution in [2.75, 3.05) is 23.3 Å². The quantitative estimate of drug-likeness (QED) is 0.937. The van der Waals surface area contributed by atoms with Crippen molar-refractivity contribution >= 4 is 17.5 Å². The Morgan fingerprint density at radius 1 is 1.24 bits per heavy atom. The van der Waals surface area contributed by atoms with E-state index in [9.17, 15) is 0 Å². The van der Waals surface area contributed by atoms with Crippen LogP contribution in [0.3, 0.4) is 0 Å². The standard InChI is InChI=1S/C16H21N5/c1-12-6-8-21(9-7-12)15-11-17-20-16(19-15)18-14-5-3-4-13(2)10-14/h3-5,10-12H,6-9H2,1-2H3,(H,18,19,20). The number of anilines is 3. The summed E-state index contributed by atoms with van der Waals surface area (Å²) in [5.41, 5.74) is 2.19. The lowest BCUT2D eigenvalue weighted by Crippen LogP contribution is -2.33. The van der Waals surface area contributed by atoms with E-state index >= 15 is 0 Å². The fourth-order valence-corrected chi connectivity index (χ4v) is 2.59. The summed E-state index contributed by atoms with van der Waals surface area (Å²) in [6, 6.07) is 8.15. The highest BCUT2D eigenvalue weighted by molar-refractivity contribution is 5.55. The molecule has 1 aliphatic heterocycles. The second kappa shape index (κ2) is 6.08. The van der Waals surface area contributed by atoms with Crippen LogP contribution in [0.5, 0.6) is 0 Å². The van der Waals surface area contributed by atoms with E-state index in [0.717, 1.165) is 30.5 Å². The van der Waals surface area contributed by atoms with E-state index in [-0.39, 0.29) is 0 Å². The van der Waals surface area contributed by atoms with Crippen LogP contribution in [0.15, 0.2) is 30.5 Å². The number of hydrogen-bond acceptors (Lipinski definition) is 5. The molecule has 0 saturated carbocycles. The van der Waals surface area contributed by atoms with Gasteiger partial charge in [-0.25, -0.2) is 0 Å². The summed E-state index contributed by atoms with van der Waals surface area (Å²) < 4.78 is 0. The van der Waals surface area contributed by atoms with E-state index in [0.29, 0.717) is 5.95 Å².